The maximum atomic E-state index is 6.10. The Labute approximate surface area is 108 Å². The van der Waals surface area contributed by atoms with Crippen molar-refractivity contribution in [3.8, 4) is 0 Å². The van der Waals surface area contributed by atoms with Crippen LogP contribution in [0.1, 0.15) is 0 Å². The van der Waals surface area contributed by atoms with Crippen molar-refractivity contribution in [3.63, 3.8) is 0 Å². The number of rotatable bonds is 2. The number of benzene rings is 1. The average Bonchev–Trinajstić information content (AvgIpc) is 2.83. The summed E-state index contributed by atoms with van der Waals surface area (Å²) in [6.45, 7) is 0. The number of anilines is 3. The van der Waals surface area contributed by atoms with E-state index in [0.29, 0.717) is 16.5 Å². The summed E-state index contributed by atoms with van der Waals surface area (Å²) in [5.74, 6) is 0.689. The molecule has 0 spiro atoms. The highest BCUT2D eigenvalue weighted by Gasteiger charge is 2.07. The minimum Gasteiger partial charge on any atom is -0.464 e. The lowest BCUT2D eigenvalue weighted by molar-refractivity contribution is 0.615. The van der Waals surface area contributed by atoms with Crippen LogP contribution in [0.2, 0.25) is 5.02 Å². The number of nitrogens with one attached hydrogen (secondary N) is 1. The fraction of sp³-hybridized carbons (Fsp3) is 0. The van der Waals surface area contributed by atoms with Gasteiger partial charge in [0, 0.05) is 11.9 Å². The van der Waals surface area contributed by atoms with Crippen molar-refractivity contribution >= 4 is 39.8 Å². The lowest BCUT2D eigenvalue weighted by Crippen LogP contribution is -1.95. The molecule has 4 nitrogen and oxygen atoms in total. The summed E-state index contributed by atoms with van der Waals surface area (Å²) in [6.07, 6.45) is 3.30. The summed E-state index contributed by atoms with van der Waals surface area (Å²) in [5.41, 5.74) is 7.87. The molecule has 0 fully saturated rings. The van der Waals surface area contributed by atoms with Gasteiger partial charge < -0.3 is 15.5 Å². The van der Waals surface area contributed by atoms with Crippen molar-refractivity contribution in [3.05, 3.63) is 47.8 Å². The van der Waals surface area contributed by atoms with Crippen LogP contribution in [0.5, 0.6) is 0 Å². The van der Waals surface area contributed by atoms with Gasteiger partial charge in [-0.25, -0.2) is 4.98 Å². The van der Waals surface area contributed by atoms with E-state index < -0.39 is 0 Å². The van der Waals surface area contributed by atoms with Crippen molar-refractivity contribution in [2.24, 2.45) is 0 Å². The molecule has 0 saturated carbocycles. The molecule has 90 valence electrons. The summed E-state index contributed by atoms with van der Waals surface area (Å²) in [4.78, 5) is 4.27. The van der Waals surface area contributed by atoms with Crippen molar-refractivity contribution in [1.29, 1.82) is 0 Å². The number of pyridine rings is 1. The third kappa shape index (κ3) is 1.87. The Kier molecular flexibility index (Phi) is 2.57. The van der Waals surface area contributed by atoms with Gasteiger partial charge in [0.05, 0.1) is 22.4 Å². The molecule has 0 aliphatic carbocycles. The van der Waals surface area contributed by atoms with Gasteiger partial charge in [-0.1, -0.05) is 11.6 Å². The Morgan fingerprint density at radius 1 is 1.22 bits per heavy atom. The normalized spacial score (nSPS) is 10.7. The minimum atomic E-state index is 0.589. The van der Waals surface area contributed by atoms with Crippen LogP contribution in [0.15, 0.2) is 47.2 Å². The maximum Gasteiger partial charge on any atom is 0.141 e. The molecule has 2 heterocycles. The monoisotopic (exact) mass is 259 g/mol. The van der Waals surface area contributed by atoms with Crippen LogP contribution < -0.4 is 11.1 Å². The number of aromatic nitrogens is 1. The van der Waals surface area contributed by atoms with Gasteiger partial charge in [0.25, 0.3) is 0 Å². The van der Waals surface area contributed by atoms with E-state index in [1.165, 1.54) is 0 Å². The van der Waals surface area contributed by atoms with Crippen LogP contribution >= 0.6 is 11.6 Å². The minimum absolute atomic E-state index is 0.589. The molecule has 0 atom stereocenters. The van der Waals surface area contributed by atoms with E-state index in [0.717, 1.165) is 16.7 Å². The summed E-state index contributed by atoms with van der Waals surface area (Å²) < 4.78 is 5.31. The number of hydrogen-bond donors (Lipinski definition) is 2. The molecule has 3 N–H and O–H groups in total. The van der Waals surface area contributed by atoms with Gasteiger partial charge in [-0.05, 0) is 30.3 Å². The largest absolute Gasteiger partial charge is 0.464 e. The van der Waals surface area contributed by atoms with E-state index >= 15 is 0 Å². The Bertz CT molecular complexity index is 708. The molecule has 3 rings (SSSR count). The maximum absolute atomic E-state index is 6.10. The highest BCUT2D eigenvalue weighted by atomic mass is 35.5. The predicted molar refractivity (Wildman–Crippen MR) is 73.2 cm³/mol. The first kappa shape index (κ1) is 10.9. The number of fused-ring (bicyclic) bond motifs is 1. The fourth-order valence-corrected chi connectivity index (χ4v) is 1.93. The van der Waals surface area contributed by atoms with Gasteiger partial charge in [0.1, 0.15) is 11.4 Å². The van der Waals surface area contributed by atoms with Crippen LogP contribution in [0, 0.1) is 0 Å². The van der Waals surface area contributed by atoms with E-state index in [1.807, 2.05) is 12.1 Å². The molecule has 18 heavy (non-hydrogen) atoms. The zero-order valence-electron chi connectivity index (χ0n) is 9.35. The number of nitrogens with two attached hydrogens (primary N) is 1. The summed E-state index contributed by atoms with van der Waals surface area (Å²) >= 11 is 6.10. The summed E-state index contributed by atoms with van der Waals surface area (Å²) in [7, 11) is 0. The molecule has 5 heteroatoms. The van der Waals surface area contributed by atoms with E-state index in [2.05, 4.69) is 10.3 Å². The first-order chi connectivity index (χ1) is 8.74. The van der Waals surface area contributed by atoms with E-state index in [-0.39, 0.29) is 0 Å². The van der Waals surface area contributed by atoms with Crippen LogP contribution in [0.25, 0.3) is 11.0 Å². The van der Waals surface area contributed by atoms with Gasteiger partial charge in [-0.2, -0.15) is 0 Å². The SMILES string of the molecule is Nc1ccc(Cl)c(Nc2nccc3occc23)c1. The lowest BCUT2D eigenvalue weighted by atomic mass is 10.2. The zero-order valence-corrected chi connectivity index (χ0v) is 10.1. The summed E-state index contributed by atoms with van der Waals surface area (Å²) in [5, 5.41) is 4.65. The predicted octanol–water partition coefficient (Wildman–Crippen LogP) is 3.81. The molecule has 0 unspecified atom stereocenters. The van der Waals surface area contributed by atoms with Crippen LogP contribution in [-0.4, -0.2) is 4.98 Å². The molecule has 3 aromatic rings. The van der Waals surface area contributed by atoms with Gasteiger partial charge in [0.15, 0.2) is 0 Å². The zero-order chi connectivity index (χ0) is 12.5. The van der Waals surface area contributed by atoms with Crippen molar-refractivity contribution in [2.75, 3.05) is 11.1 Å². The Morgan fingerprint density at radius 3 is 3.00 bits per heavy atom. The molecule has 1 aromatic carbocycles. The van der Waals surface area contributed by atoms with Gasteiger partial charge in [-0.3, -0.25) is 0 Å². The number of nitrogens with zero attached hydrogens (tertiary/aromatic N) is 1. The van der Waals surface area contributed by atoms with Crippen molar-refractivity contribution in [1.82, 2.24) is 4.98 Å². The third-order valence-corrected chi connectivity index (χ3v) is 2.95. The number of furan rings is 1. The van der Waals surface area contributed by atoms with Crippen LogP contribution in [-0.2, 0) is 0 Å². The first-order valence-corrected chi connectivity index (χ1v) is 5.76. The average molecular weight is 260 g/mol. The van der Waals surface area contributed by atoms with Gasteiger partial charge in [0.2, 0.25) is 0 Å². The van der Waals surface area contributed by atoms with E-state index in [1.54, 1.807) is 30.7 Å². The molecule has 0 amide bonds. The first-order valence-electron chi connectivity index (χ1n) is 5.38. The van der Waals surface area contributed by atoms with Crippen LogP contribution in [0.3, 0.4) is 0 Å². The second-order valence-electron chi connectivity index (χ2n) is 3.86. The lowest BCUT2D eigenvalue weighted by Gasteiger charge is -2.08. The Balaban J connectivity index is 2.06. The molecule has 2 aromatic heterocycles. The second-order valence-corrected chi connectivity index (χ2v) is 4.26. The molecule has 0 aliphatic rings. The van der Waals surface area contributed by atoms with Crippen molar-refractivity contribution in [2.45, 2.75) is 0 Å². The topological polar surface area (TPSA) is 64.1 Å². The highest BCUT2D eigenvalue weighted by molar-refractivity contribution is 6.33. The molecule has 0 bridgehead atoms. The second kappa shape index (κ2) is 4.23. The van der Waals surface area contributed by atoms with Gasteiger partial charge in [-0.15, -0.1) is 0 Å². The Morgan fingerprint density at radius 2 is 2.11 bits per heavy atom. The van der Waals surface area contributed by atoms with Gasteiger partial charge >= 0.3 is 0 Å². The summed E-state index contributed by atoms with van der Waals surface area (Å²) in [6, 6.07) is 8.92. The number of nitrogen functional groups attached to an aromatic ring is 1. The quantitative estimate of drug-likeness (QED) is 0.687. The Hall–Kier alpha value is -2.20. The standard InChI is InChI=1S/C13H10ClN3O/c14-10-2-1-8(15)7-11(10)17-13-9-4-6-18-12(9)3-5-16-13/h1-7H,15H2,(H,16,17). The number of hydrogen-bond acceptors (Lipinski definition) is 4. The van der Waals surface area contributed by atoms with Crippen LogP contribution in [0.4, 0.5) is 17.2 Å². The molecule has 0 saturated heterocycles. The molecular formula is C13H10ClN3O. The number of halogens is 1. The highest BCUT2D eigenvalue weighted by Crippen LogP contribution is 2.30. The van der Waals surface area contributed by atoms with E-state index in [4.69, 9.17) is 21.8 Å². The fourth-order valence-electron chi connectivity index (χ4n) is 1.76. The third-order valence-electron chi connectivity index (χ3n) is 2.62. The molecule has 0 radical (unpaired) electrons. The molecular weight excluding hydrogens is 250 g/mol. The van der Waals surface area contributed by atoms with E-state index in [9.17, 15) is 0 Å². The molecule has 0 aliphatic heterocycles. The van der Waals surface area contributed by atoms with Crippen molar-refractivity contribution < 1.29 is 4.42 Å². The smallest absolute Gasteiger partial charge is 0.141 e.